The number of urea groups is 1. The molecule has 0 aromatic rings. The molecule has 2 amide bonds. The van der Waals surface area contributed by atoms with Crippen LogP contribution in [0, 0.1) is 17.3 Å². The van der Waals surface area contributed by atoms with Gasteiger partial charge in [-0.15, -0.1) is 0 Å². The van der Waals surface area contributed by atoms with Crippen molar-refractivity contribution >= 4 is 12.0 Å². The molecule has 0 saturated heterocycles. The molecule has 0 aliphatic heterocycles. The van der Waals surface area contributed by atoms with Crippen LogP contribution in [0.25, 0.3) is 0 Å². The average Bonchev–Trinajstić information content (AvgIpc) is 2.95. The van der Waals surface area contributed by atoms with Gasteiger partial charge in [-0.3, -0.25) is 4.79 Å². The molecule has 2 rings (SSSR count). The number of amides is 2. The van der Waals surface area contributed by atoms with E-state index in [1.54, 1.807) is 6.92 Å². The first kappa shape index (κ1) is 15.1. The van der Waals surface area contributed by atoms with Gasteiger partial charge in [0.15, 0.2) is 0 Å². The third-order valence-corrected chi connectivity index (χ3v) is 5.11. The summed E-state index contributed by atoms with van der Waals surface area (Å²) in [7, 11) is 0. The monoisotopic (exact) mass is 282 g/mol. The zero-order valence-corrected chi connectivity index (χ0v) is 12.4. The van der Waals surface area contributed by atoms with Crippen molar-refractivity contribution in [1.82, 2.24) is 10.6 Å². The Balaban J connectivity index is 1.78. The number of carbonyl (C=O) groups excluding carboxylic acids is 1. The first-order valence-electron chi connectivity index (χ1n) is 7.69. The first-order valence-corrected chi connectivity index (χ1v) is 7.69. The molecule has 0 aromatic carbocycles. The minimum Gasteiger partial charge on any atom is -0.481 e. The van der Waals surface area contributed by atoms with E-state index in [1.165, 1.54) is 19.3 Å². The molecule has 114 valence electrons. The van der Waals surface area contributed by atoms with Gasteiger partial charge in [-0.2, -0.15) is 0 Å². The summed E-state index contributed by atoms with van der Waals surface area (Å²) < 4.78 is 0. The zero-order valence-electron chi connectivity index (χ0n) is 12.4. The number of aliphatic carboxylic acids is 1. The van der Waals surface area contributed by atoms with Gasteiger partial charge >= 0.3 is 12.0 Å². The molecule has 0 heterocycles. The van der Waals surface area contributed by atoms with Gasteiger partial charge in [0.2, 0.25) is 0 Å². The number of hydrogen-bond acceptors (Lipinski definition) is 2. The zero-order chi connectivity index (χ0) is 14.8. The third-order valence-electron chi connectivity index (χ3n) is 5.11. The molecule has 0 spiro atoms. The number of hydrogen-bond donors (Lipinski definition) is 3. The largest absolute Gasteiger partial charge is 0.481 e. The van der Waals surface area contributed by atoms with Crippen LogP contribution in [0.15, 0.2) is 0 Å². The second-order valence-electron chi connectivity index (χ2n) is 6.81. The van der Waals surface area contributed by atoms with Gasteiger partial charge in [0, 0.05) is 12.6 Å². The standard InChI is InChI=1S/C15H26N2O3/c1-10-5-6-11(8-10)9-16-14(20)17-12-4-3-7-15(12,2)13(18)19/h10-12H,3-9H2,1-2H3,(H,18,19)(H2,16,17,20). The van der Waals surface area contributed by atoms with Crippen LogP contribution in [-0.2, 0) is 4.79 Å². The van der Waals surface area contributed by atoms with Crippen molar-refractivity contribution in [3.8, 4) is 0 Å². The number of carboxylic acids is 1. The molecule has 20 heavy (non-hydrogen) atoms. The van der Waals surface area contributed by atoms with E-state index in [4.69, 9.17) is 0 Å². The van der Waals surface area contributed by atoms with E-state index in [-0.39, 0.29) is 12.1 Å². The van der Waals surface area contributed by atoms with Gasteiger partial charge < -0.3 is 15.7 Å². The van der Waals surface area contributed by atoms with Gasteiger partial charge in [-0.25, -0.2) is 4.79 Å². The first-order chi connectivity index (χ1) is 9.41. The molecular formula is C15H26N2O3. The molecule has 2 aliphatic rings. The van der Waals surface area contributed by atoms with Gasteiger partial charge in [0.1, 0.15) is 0 Å². The molecule has 3 N–H and O–H groups in total. The van der Waals surface area contributed by atoms with Crippen LogP contribution in [0.2, 0.25) is 0 Å². The Kier molecular flexibility index (Phi) is 4.55. The normalized spacial score (nSPS) is 36.8. The van der Waals surface area contributed by atoms with E-state index >= 15 is 0 Å². The van der Waals surface area contributed by atoms with Crippen molar-refractivity contribution in [2.75, 3.05) is 6.54 Å². The molecule has 2 fully saturated rings. The third kappa shape index (κ3) is 3.25. The van der Waals surface area contributed by atoms with Crippen LogP contribution in [-0.4, -0.2) is 29.7 Å². The van der Waals surface area contributed by atoms with Crippen LogP contribution in [0.1, 0.15) is 52.4 Å². The Morgan fingerprint density at radius 2 is 2.05 bits per heavy atom. The Morgan fingerprint density at radius 3 is 2.65 bits per heavy atom. The predicted octanol–water partition coefficient (Wildman–Crippen LogP) is 2.37. The van der Waals surface area contributed by atoms with E-state index in [0.29, 0.717) is 18.9 Å². The summed E-state index contributed by atoms with van der Waals surface area (Å²) in [5.41, 5.74) is -0.820. The van der Waals surface area contributed by atoms with Crippen molar-refractivity contribution in [3.63, 3.8) is 0 Å². The Labute approximate surface area is 120 Å². The molecule has 5 nitrogen and oxygen atoms in total. The highest BCUT2D eigenvalue weighted by Gasteiger charge is 2.45. The van der Waals surface area contributed by atoms with E-state index < -0.39 is 11.4 Å². The predicted molar refractivity (Wildman–Crippen MR) is 76.4 cm³/mol. The van der Waals surface area contributed by atoms with Gasteiger partial charge in [0.25, 0.3) is 0 Å². The molecule has 2 saturated carbocycles. The summed E-state index contributed by atoms with van der Waals surface area (Å²) in [5, 5.41) is 15.1. The lowest BCUT2D eigenvalue weighted by molar-refractivity contribution is -0.148. The van der Waals surface area contributed by atoms with Crippen LogP contribution in [0.5, 0.6) is 0 Å². The highest BCUT2D eigenvalue weighted by molar-refractivity contribution is 5.79. The highest BCUT2D eigenvalue weighted by Crippen LogP contribution is 2.38. The second kappa shape index (κ2) is 6.02. The second-order valence-corrected chi connectivity index (χ2v) is 6.81. The minimum atomic E-state index is -0.820. The molecule has 0 aromatic heterocycles. The maximum atomic E-state index is 11.9. The van der Waals surface area contributed by atoms with Gasteiger partial charge in [0.05, 0.1) is 5.41 Å². The van der Waals surface area contributed by atoms with Gasteiger partial charge in [-0.05, 0) is 44.4 Å². The summed E-state index contributed by atoms with van der Waals surface area (Å²) in [6, 6.07) is -0.480. The number of nitrogens with one attached hydrogen (secondary N) is 2. The Bertz CT molecular complexity index is 385. The number of rotatable bonds is 4. The van der Waals surface area contributed by atoms with E-state index in [2.05, 4.69) is 17.6 Å². The van der Waals surface area contributed by atoms with Crippen molar-refractivity contribution in [2.24, 2.45) is 17.3 Å². The summed E-state index contributed by atoms with van der Waals surface area (Å²) in [5.74, 6) is 0.519. The summed E-state index contributed by atoms with van der Waals surface area (Å²) in [4.78, 5) is 23.3. The summed E-state index contributed by atoms with van der Waals surface area (Å²) in [6.45, 7) is 4.68. The maximum absolute atomic E-state index is 11.9. The summed E-state index contributed by atoms with van der Waals surface area (Å²) >= 11 is 0. The lowest BCUT2D eigenvalue weighted by Gasteiger charge is -2.28. The van der Waals surface area contributed by atoms with Crippen molar-refractivity contribution in [2.45, 2.75) is 58.4 Å². The fraction of sp³-hybridized carbons (Fsp3) is 0.867. The fourth-order valence-corrected chi connectivity index (χ4v) is 3.61. The smallest absolute Gasteiger partial charge is 0.315 e. The molecule has 4 atom stereocenters. The quantitative estimate of drug-likeness (QED) is 0.740. The van der Waals surface area contributed by atoms with Crippen LogP contribution in [0.4, 0.5) is 4.79 Å². The number of carbonyl (C=O) groups is 2. The average molecular weight is 282 g/mol. The molecule has 5 heteroatoms. The topological polar surface area (TPSA) is 78.4 Å². The lowest BCUT2D eigenvalue weighted by Crippen LogP contribution is -2.50. The van der Waals surface area contributed by atoms with Crippen LogP contribution >= 0.6 is 0 Å². The molecular weight excluding hydrogens is 256 g/mol. The van der Waals surface area contributed by atoms with Crippen molar-refractivity contribution < 1.29 is 14.7 Å². The summed E-state index contributed by atoms with van der Waals surface area (Å²) in [6.07, 6.45) is 5.83. The van der Waals surface area contributed by atoms with E-state index in [9.17, 15) is 14.7 Å². The lowest BCUT2D eigenvalue weighted by atomic mass is 9.85. The molecule has 4 unspecified atom stereocenters. The number of carboxylic acid groups (broad SMARTS) is 1. The van der Waals surface area contributed by atoms with Crippen LogP contribution < -0.4 is 10.6 Å². The SMILES string of the molecule is CC1CCC(CNC(=O)NC2CCCC2(C)C(=O)O)C1. The Hall–Kier alpha value is -1.26. The molecule has 2 aliphatic carbocycles. The van der Waals surface area contributed by atoms with Gasteiger partial charge in [-0.1, -0.05) is 19.8 Å². The van der Waals surface area contributed by atoms with Crippen molar-refractivity contribution in [1.29, 1.82) is 0 Å². The minimum absolute atomic E-state index is 0.219. The molecule has 0 radical (unpaired) electrons. The van der Waals surface area contributed by atoms with Crippen molar-refractivity contribution in [3.05, 3.63) is 0 Å². The molecule has 0 bridgehead atoms. The maximum Gasteiger partial charge on any atom is 0.315 e. The fourth-order valence-electron chi connectivity index (χ4n) is 3.61. The highest BCUT2D eigenvalue weighted by atomic mass is 16.4. The van der Waals surface area contributed by atoms with E-state index in [0.717, 1.165) is 18.8 Å². The Morgan fingerprint density at radius 1 is 1.30 bits per heavy atom. The van der Waals surface area contributed by atoms with Crippen LogP contribution in [0.3, 0.4) is 0 Å². The van der Waals surface area contributed by atoms with E-state index in [1.807, 2.05) is 0 Å².